The molecule has 0 fully saturated rings. The molecule has 4 rings (SSSR count). The third kappa shape index (κ3) is 8.60. The number of phenolic OH excluding ortho intramolecular Hbond substituents is 1. The number of hydrogen-bond donors (Lipinski definition) is 3. The first-order chi connectivity index (χ1) is 20.1. The molecule has 0 bridgehead atoms. The molecule has 0 atom stereocenters. The minimum atomic E-state index is -5.32. The van der Waals surface area contributed by atoms with Crippen molar-refractivity contribution >= 4 is 59.7 Å². The number of azide groups is 1. The van der Waals surface area contributed by atoms with Crippen LogP contribution in [-0.4, -0.2) is 43.5 Å². The number of nitrogens with one attached hydrogen (secondary N) is 1. The number of aromatic hydroxyl groups is 1. The molecule has 0 aliphatic carbocycles. The summed E-state index contributed by atoms with van der Waals surface area (Å²) < 4.78 is 70.4. The quantitative estimate of drug-likeness (QED) is 0.0512. The Labute approximate surface area is 301 Å². The summed E-state index contributed by atoms with van der Waals surface area (Å²) >= 11 is 0. The Morgan fingerprint density at radius 3 is 2.00 bits per heavy atom. The van der Waals surface area contributed by atoms with Gasteiger partial charge in [0.05, 0.1) is 26.6 Å². The summed E-state index contributed by atoms with van der Waals surface area (Å²) in [6, 6.07) is 13.2. The number of aryl methyl sites for hydroxylation is 2. The molecule has 4 N–H and O–H groups in total. The van der Waals surface area contributed by atoms with E-state index in [0.717, 1.165) is 28.8 Å². The van der Waals surface area contributed by atoms with Crippen molar-refractivity contribution in [1.82, 2.24) is 0 Å². The smallest absolute Gasteiger partial charge is 0.744 e. The van der Waals surface area contributed by atoms with E-state index < -0.39 is 58.1 Å². The monoisotopic (exact) mass is 669 g/mol. The zero-order valence-electron chi connectivity index (χ0n) is 24.3. The molecule has 45 heavy (non-hydrogen) atoms. The Bertz CT molecular complexity index is 2120. The molecule has 222 valence electrons. The molecule has 1 amide bonds. The number of benzene rings is 4. The second-order valence-corrected chi connectivity index (χ2v) is 11.9. The Hall–Kier alpha value is -3.06. The number of carbonyl (C=O) groups is 1. The fourth-order valence-electron chi connectivity index (χ4n) is 4.27. The average molecular weight is 670 g/mol. The van der Waals surface area contributed by atoms with Gasteiger partial charge in [0.15, 0.2) is 5.75 Å². The summed E-state index contributed by atoms with van der Waals surface area (Å²) in [5.74, 6) is -1.24. The van der Waals surface area contributed by atoms with Gasteiger partial charge in [-0.15, -0.1) is 5.11 Å². The predicted molar refractivity (Wildman–Crippen MR) is 154 cm³/mol. The number of fused-ring (bicyclic) bond motifs is 1. The molecule has 0 aromatic heterocycles. The molecule has 15 nitrogen and oxygen atoms in total. The van der Waals surface area contributed by atoms with Gasteiger partial charge in [-0.25, -0.2) is 16.8 Å². The summed E-state index contributed by atoms with van der Waals surface area (Å²) in [6.45, 7) is 3.23. The van der Waals surface area contributed by atoms with Crippen LogP contribution in [0.2, 0.25) is 0 Å². The maximum absolute atomic E-state index is 11.8. The third-order valence-corrected chi connectivity index (χ3v) is 8.08. The van der Waals surface area contributed by atoms with Crippen molar-refractivity contribution in [1.29, 1.82) is 0 Å². The Morgan fingerprint density at radius 1 is 0.889 bits per heavy atom. The summed E-state index contributed by atoms with van der Waals surface area (Å²) in [7, 11) is -10.6. The summed E-state index contributed by atoms with van der Waals surface area (Å²) in [5, 5.41) is 23.9. The van der Waals surface area contributed by atoms with Crippen LogP contribution in [0.3, 0.4) is 0 Å². The van der Waals surface area contributed by atoms with Crippen LogP contribution in [0, 0.1) is 13.8 Å². The second kappa shape index (κ2) is 15.0. The molecule has 0 radical (unpaired) electrons. The number of anilines is 2. The molecule has 0 aliphatic rings. The fraction of sp³-hybridized carbons (Fsp3) is 0.115. The third-order valence-electron chi connectivity index (χ3n) is 6.33. The van der Waals surface area contributed by atoms with Crippen molar-refractivity contribution in [2.45, 2.75) is 23.6 Å². The van der Waals surface area contributed by atoms with Gasteiger partial charge in [0.1, 0.15) is 32.5 Å². The van der Waals surface area contributed by atoms with Crippen LogP contribution in [-0.2, 0) is 25.0 Å². The van der Waals surface area contributed by atoms with Crippen molar-refractivity contribution < 1.29 is 95.0 Å². The molecule has 0 spiro atoms. The van der Waals surface area contributed by atoms with Crippen LogP contribution < -0.4 is 70.2 Å². The van der Waals surface area contributed by atoms with Crippen LogP contribution in [0.25, 0.3) is 32.3 Å². The van der Waals surface area contributed by atoms with Crippen LogP contribution in [0.5, 0.6) is 5.75 Å². The average Bonchev–Trinajstić information content (AvgIpc) is 2.91. The number of phenols is 1. The van der Waals surface area contributed by atoms with Gasteiger partial charge in [-0.2, -0.15) is 5.11 Å². The largest absolute Gasteiger partial charge is 1.00 e. The minimum absolute atomic E-state index is 0. The van der Waals surface area contributed by atoms with E-state index in [0.29, 0.717) is 23.0 Å². The van der Waals surface area contributed by atoms with E-state index in [2.05, 4.69) is 25.6 Å². The van der Waals surface area contributed by atoms with Gasteiger partial charge in [0.2, 0.25) is 5.91 Å². The normalized spacial score (nSPS) is 11.4. The first-order valence-electron chi connectivity index (χ1n) is 12.1. The molecule has 4 aromatic carbocycles. The van der Waals surface area contributed by atoms with Gasteiger partial charge >= 0.3 is 59.1 Å². The summed E-state index contributed by atoms with van der Waals surface area (Å²) in [5.41, 5.74) is 17.2. The van der Waals surface area contributed by atoms with Crippen molar-refractivity contribution in [3.63, 3.8) is 0 Å². The van der Waals surface area contributed by atoms with Crippen molar-refractivity contribution in [3.8, 4) is 16.9 Å². The number of nitrogens with two attached hydrogens (primary N) is 1. The Morgan fingerprint density at radius 2 is 1.44 bits per heavy atom. The number of carbonyl (C=O) groups excluding carboxylic acids is 1. The summed E-state index contributed by atoms with van der Waals surface area (Å²) in [6.07, 6.45) is 0. The first-order valence-corrected chi connectivity index (χ1v) is 14.9. The maximum Gasteiger partial charge on any atom is 1.00 e. The molecule has 0 saturated heterocycles. The second-order valence-electron chi connectivity index (χ2n) is 9.22. The number of amides is 1. The van der Waals surface area contributed by atoms with E-state index in [-0.39, 0.29) is 71.3 Å². The molecule has 19 heteroatoms. The van der Waals surface area contributed by atoms with Gasteiger partial charge in [-0.05, 0) is 78.0 Å². The number of azo groups is 1. The topological polar surface area (TPSA) is 263 Å². The minimum Gasteiger partial charge on any atom is -0.744 e. The zero-order valence-corrected chi connectivity index (χ0v) is 30.0. The molecule has 0 saturated carbocycles. The van der Waals surface area contributed by atoms with Crippen LogP contribution in [0.15, 0.2) is 79.7 Å². The summed E-state index contributed by atoms with van der Waals surface area (Å²) in [4.78, 5) is 12.2. The molecule has 0 aliphatic heterocycles. The van der Waals surface area contributed by atoms with E-state index in [1.165, 1.54) is 0 Å². The predicted octanol–water partition coefficient (Wildman–Crippen LogP) is -1.11. The van der Waals surface area contributed by atoms with E-state index in [1.54, 1.807) is 38.1 Å². The van der Waals surface area contributed by atoms with Gasteiger partial charge in [0, 0.05) is 16.0 Å². The molecule has 4 aromatic rings. The van der Waals surface area contributed by atoms with Gasteiger partial charge < -0.3 is 25.3 Å². The number of nitrogens with zero attached hydrogens (tertiary/aromatic N) is 5. The fourth-order valence-corrected chi connectivity index (χ4v) is 5.68. The maximum atomic E-state index is 11.8. The molecule has 0 unspecified atom stereocenters. The number of hydrogen-bond acceptors (Lipinski definition) is 12. The van der Waals surface area contributed by atoms with Crippen molar-refractivity contribution in [2.24, 2.45) is 15.3 Å². The molecular weight excluding hydrogens is 648 g/mol. The molecule has 0 heterocycles. The van der Waals surface area contributed by atoms with E-state index in [1.807, 2.05) is 12.1 Å². The SMILES string of the molecule is Cc1cc(-c2ccc(NC(=O)CN=[N+]=[N-])c(C)c2)ccc1N=Nc1ccc2c(S(=O)(=O)[O-])cc(S(=O)(=O)[O-])c(N)c2c1O.[Na+].[Na+]. The molecular formula is C26H21N7Na2O8S2. The van der Waals surface area contributed by atoms with Gasteiger partial charge in [0.25, 0.3) is 0 Å². The number of nitrogen functional groups attached to an aromatic ring is 1. The van der Waals surface area contributed by atoms with E-state index in [9.17, 15) is 35.8 Å². The van der Waals surface area contributed by atoms with Crippen molar-refractivity contribution in [2.75, 3.05) is 17.6 Å². The zero-order chi connectivity index (χ0) is 31.7. The standard InChI is InChI=1S/C26H23N7O8S2.2Na/c1-13-9-15(3-6-18(13)30-23(34)12-29-33-28)16-4-7-19(14(2)10-16)31-32-20-8-5-17-21(42(36,37)38)11-22(43(39,40)41)25(27)24(17)26(20)35;;/h3-11,35H,12,27H2,1-2H3,(H,30,34)(H,36,37,38)(H,39,40,41);;/q;2*+1/p-2. The van der Waals surface area contributed by atoms with Crippen LogP contribution >= 0.6 is 0 Å². The Balaban J connectivity index is 0.00000353. The van der Waals surface area contributed by atoms with Gasteiger partial charge in [-0.3, -0.25) is 4.79 Å². The van der Waals surface area contributed by atoms with Crippen LogP contribution in [0.4, 0.5) is 22.7 Å². The number of rotatable bonds is 8. The van der Waals surface area contributed by atoms with E-state index >= 15 is 0 Å². The van der Waals surface area contributed by atoms with Crippen LogP contribution in [0.1, 0.15) is 11.1 Å². The van der Waals surface area contributed by atoms with Crippen molar-refractivity contribution in [3.05, 3.63) is 76.2 Å². The van der Waals surface area contributed by atoms with Gasteiger partial charge in [-0.1, -0.05) is 23.3 Å². The Kier molecular flexibility index (Phi) is 12.7. The first kappa shape index (κ1) is 38.1. The van der Waals surface area contributed by atoms with E-state index in [4.69, 9.17) is 11.3 Å².